The number of rotatable bonds is 17. The van der Waals surface area contributed by atoms with Crippen LogP contribution in [0.25, 0.3) is 5.57 Å². The van der Waals surface area contributed by atoms with Gasteiger partial charge in [-0.2, -0.15) is 5.26 Å². The molecule has 266 valence electrons. The molecule has 2 atom stereocenters. The Morgan fingerprint density at radius 3 is 2.64 bits per heavy atom. The fourth-order valence-electron chi connectivity index (χ4n) is 6.59. The van der Waals surface area contributed by atoms with Gasteiger partial charge in [-0.25, -0.2) is 0 Å². The maximum absolute atomic E-state index is 9.61. The van der Waals surface area contributed by atoms with E-state index in [0.717, 1.165) is 37.2 Å². The molecule has 0 radical (unpaired) electrons. The Morgan fingerprint density at radius 1 is 1.08 bits per heavy atom. The molecule has 0 bridgehead atoms. The molecule has 1 aliphatic carbocycles. The average molecular weight is 701 g/mol. The number of ether oxygens (including phenoxy) is 3. The quantitative estimate of drug-likeness (QED) is 0.141. The maximum atomic E-state index is 9.61. The molecule has 1 aliphatic heterocycles. The molecule has 2 unspecified atom stereocenters. The van der Waals surface area contributed by atoms with Gasteiger partial charge in [0.2, 0.25) is 0 Å². The molecule has 0 saturated carbocycles. The molecule has 50 heavy (non-hydrogen) atoms. The lowest BCUT2D eigenvalue weighted by Crippen LogP contribution is -2.45. The van der Waals surface area contributed by atoms with Crippen LogP contribution in [-0.4, -0.2) is 77.8 Å². The van der Waals surface area contributed by atoms with Crippen molar-refractivity contribution >= 4 is 17.2 Å². The van der Waals surface area contributed by atoms with Gasteiger partial charge < -0.3 is 34.6 Å². The minimum atomic E-state index is -0.752. The van der Waals surface area contributed by atoms with Crippen molar-refractivity contribution in [3.05, 3.63) is 106 Å². The van der Waals surface area contributed by atoms with Crippen molar-refractivity contribution in [2.75, 3.05) is 46.1 Å². The first-order valence-electron chi connectivity index (χ1n) is 17.5. The van der Waals surface area contributed by atoms with E-state index in [2.05, 4.69) is 77.6 Å². The summed E-state index contributed by atoms with van der Waals surface area (Å²) in [6.45, 7) is 8.46. The highest BCUT2D eigenvalue weighted by atomic mass is 35.5. The van der Waals surface area contributed by atoms with E-state index in [1.807, 2.05) is 0 Å². The number of allylic oxidation sites excluding steroid dienone is 2. The fourth-order valence-corrected chi connectivity index (χ4v) is 6.83. The Bertz CT molecular complexity index is 1660. The van der Waals surface area contributed by atoms with Gasteiger partial charge in [0.25, 0.3) is 0 Å². The van der Waals surface area contributed by atoms with Gasteiger partial charge in [-0.3, -0.25) is 4.98 Å². The summed E-state index contributed by atoms with van der Waals surface area (Å²) in [5.74, 6) is 0.938. The summed E-state index contributed by atoms with van der Waals surface area (Å²) in [5, 5.41) is 32.1. The van der Waals surface area contributed by atoms with Crippen LogP contribution in [0.15, 0.2) is 73.1 Å². The molecule has 0 amide bonds. The van der Waals surface area contributed by atoms with Crippen LogP contribution in [-0.2, 0) is 17.9 Å². The van der Waals surface area contributed by atoms with Gasteiger partial charge in [-0.05, 0) is 74.2 Å². The lowest BCUT2D eigenvalue weighted by Gasteiger charge is -2.40. The first kappa shape index (κ1) is 37.5. The highest BCUT2D eigenvalue weighted by Gasteiger charge is 2.40. The van der Waals surface area contributed by atoms with Gasteiger partial charge in [0.05, 0.1) is 29.8 Å². The Morgan fingerprint density at radius 2 is 1.88 bits per heavy atom. The normalized spacial score (nSPS) is 19.3. The Balaban J connectivity index is 1.39. The average Bonchev–Trinajstić information content (AvgIpc) is 3.14. The van der Waals surface area contributed by atoms with Crippen LogP contribution in [0.1, 0.15) is 60.4 Å². The molecular weight excluding hydrogens is 652 g/mol. The number of nitriles is 1. The fraction of sp³-hybridized carbons (Fsp3) is 0.450. The smallest absolute Gasteiger partial charge is 0.141 e. The van der Waals surface area contributed by atoms with Crippen LogP contribution >= 0.6 is 11.6 Å². The number of aromatic nitrogens is 1. The number of aryl methyl sites for hydroxylation is 1. The van der Waals surface area contributed by atoms with Crippen molar-refractivity contribution in [3.8, 4) is 17.6 Å². The van der Waals surface area contributed by atoms with Gasteiger partial charge in [-0.1, -0.05) is 61.4 Å². The zero-order chi connectivity index (χ0) is 35.3. The number of aliphatic hydroxyl groups is 2. The first-order valence-corrected chi connectivity index (χ1v) is 17.9. The maximum Gasteiger partial charge on any atom is 0.141 e. The third-order valence-electron chi connectivity index (χ3n) is 9.66. The highest BCUT2D eigenvalue weighted by Crippen LogP contribution is 2.41. The summed E-state index contributed by atoms with van der Waals surface area (Å²) >= 11 is 6.87. The summed E-state index contributed by atoms with van der Waals surface area (Å²) in [6.07, 6.45) is 14.3. The predicted octanol–water partition coefficient (Wildman–Crippen LogP) is 6.24. The van der Waals surface area contributed by atoms with Crippen molar-refractivity contribution in [2.24, 2.45) is 5.92 Å². The molecular formula is C40H49ClN4O5. The summed E-state index contributed by atoms with van der Waals surface area (Å²) in [7, 11) is 0. The molecule has 2 aliphatic rings. The van der Waals surface area contributed by atoms with E-state index < -0.39 is 11.6 Å². The molecule has 1 fully saturated rings. The van der Waals surface area contributed by atoms with Crippen LogP contribution < -0.4 is 14.8 Å². The van der Waals surface area contributed by atoms with Crippen LogP contribution in [0.5, 0.6) is 11.5 Å². The van der Waals surface area contributed by atoms with Gasteiger partial charge in [0, 0.05) is 55.2 Å². The van der Waals surface area contributed by atoms with Gasteiger partial charge in [-0.15, -0.1) is 0 Å². The number of piperidine rings is 1. The molecule has 3 N–H and O–H groups in total. The minimum Gasteiger partial charge on any atom is -0.489 e. The summed E-state index contributed by atoms with van der Waals surface area (Å²) in [5.41, 5.74) is 4.73. The van der Waals surface area contributed by atoms with E-state index in [1.165, 1.54) is 42.2 Å². The molecule has 9 nitrogen and oxygen atoms in total. The number of nitrogens with one attached hydrogen (secondary N) is 1. The number of pyridine rings is 1. The Kier molecular flexibility index (Phi) is 13.9. The molecule has 5 rings (SSSR count). The Hall–Kier alpha value is -3.75. The lowest BCUT2D eigenvalue weighted by atomic mass is 9.76. The highest BCUT2D eigenvalue weighted by molar-refractivity contribution is 6.32. The molecule has 1 aromatic heterocycles. The third-order valence-corrected chi connectivity index (χ3v) is 9.95. The van der Waals surface area contributed by atoms with Gasteiger partial charge >= 0.3 is 0 Å². The van der Waals surface area contributed by atoms with E-state index in [0.29, 0.717) is 28.7 Å². The van der Waals surface area contributed by atoms with Gasteiger partial charge in [0.1, 0.15) is 36.4 Å². The number of halogens is 1. The van der Waals surface area contributed by atoms with Crippen LogP contribution in [0.2, 0.25) is 5.02 Å². The second-order valence-electron chi connectivity index (χ2n) is 13.2. The van der Waals surface area contributed by atoms with Crippen LogP contribution in [0.4, 0.5) is 0 Å². The number of benzene rings is 2. The molecule has 0 spiro atoms. The number of likely N-dealkylation sites (tertiary alicyclic amines) is 1. The largest absolute Gasteiger partial charge is 0.489 e. The van der Waals surface area contributed by atoms with Crippen molar-refractivity contribution in [2.45, 2.75) is 64.3 Å². The van der Waals surface area contributed by atoms with Crippen LogP contribution in [0.3, 0.4) is 0 Å². The predicted molar refractivity (Wildman–Crippen MR) is 196 cm³/mol. The van der Waals surface area contributed by atoms with E-state index >= 15 is 0 Å². The van der Waals surface area contributed by atoms with E-state index in [-0.39, 0.29) is 38.9 Å². The van der Waals surface area contributed by atoms with Gasteiger partial charge in [0.15, 0.2) is 0 Å². The van der Waals surface area contributed by atoms with Crippen molar-refractivity contribution in [1.82, 2.24) is 15.2 Å². The number of nitrogens with zero attached hydrogens (tertiary/aromatic N) is 3. The van der Waals surface area contributed by atoms with Crippen LogP contribution in [0, 0.1) is 24.2 Å². The molecule has 10 heteroatoms. The zero-order valence-electron chi connectivity index (χ0n) is 29.1. The second kappa shape index (κ2) is 18.5. The summed E-state index contributed by atoms with van der Waals surface area (Å²) in [6, 6.07) is 15.3. The molecule has 2 heterocycles. The minimum absolute atomic E-state index is 0.0182. The Labute approximate surface area is 301 Å². The van der Waals surface area contributed by atoms with E-state index in [4.69, 9.17) is 25.8 Å². The second-order valence-corrected chi connectivity index (χ2v) is 13.6. The number of aliphatic hydroxyl groups excluding tert-OH is 2. The first-order chi connectivity index (χ1) is 24.4. The zero-order valence-corrected chi connectivity index (χ0v) is 29.9. The topological polar surface area (TPSA) is 120 Å². The molecule has 3 aromatic rings. The summed E-state index contributed by atoms with van der Waals surface area (Å²) < 4.78 is 19.7. The van der Waals surface area contributed by atoms with Crippen molar-refractivity contribution < 1.29 is 24.4 Å². The monoisotopic (exact) mass is 700 g/mol. The lowest BCUT2D eigenvalue weighted by molar-refractivity contribution is -0.0621. The van der Waals surface area contributed by atoms with Crippen molar-refractivity contribution in [3.63, 3.8) is 0 Å². The van der Waals surface area contributed by atoms with Crippen molar-refractivity contribution in [1.29, 1.82) is 5.26 Å². The standard InChI is InChI=1S/C40H49ClN4O5/c1-29-10-4-5-11-35(29)36-12-8-13-40(30(36)2,50-17-9-16-45-14-6-3-7-15-45)28-49-39-20-38(48-27-32-18-31(21-42)22-43-23-32)33(19-37(39)41)24-44-34(25-46)26-47/h4-5,8,10-13,18-20,22-23,30,34,44,46-47H,3,6-7,9,14-17,24-28H2,1-2H3. The number of hydrogen-bond acceptors (Lipinski definition) is 9. The third kappa shape index (κ3) is 9.73. The molecule has 2 aromatic carbocycles. The number of hydrogen-bond donors (Lipinski definition) is 3. The molecule has 1 saturated heterocycles. The summed E-state index contributed by atoms with van der Waals surface area (Å²) in [4.78, 5) is 6.68. The van der Waals surface area contributed by atoms with E-state index in [9.17, 15) is 15.5 Å². The SMILES string of the molecule is Cc1ccccc1C1=CC=CC(COc2cc(OCc3cncc(C#N)c3)c(CNC(CO)CO)cc2Cl)(OCCCN2CCCCC2)C1C. The van der Waals surface area contributed by atoms with E-state index in [1.54, 1.807) is 24.4 Å².